The van der Waals surface area contributed by atoms with E-state index in [0.717, 1.165) is 12.8 Å². The Balaban J connectivity index is 1.70. The lowest BCUT2D eigenvalue weighted by molar-refractivity contribution is -0.117. The molecule has 28 heavy (non-hydrogen) atoms. The number of carbonyl (C=O) groups excluding carboxylic acids is 3. The molecule has 1 aliphatic carbocycles. The van der Waals surface area contributed by atoms with Crippen LogP contribution in [0.2, 0.25) is 0 Å². The van der Waals surface area contributed by atoms with Crippen molar-refractivity contribution in [2.24, 2.45) is 5.92 Å². The average molecular weight is 379 g/mol. The van der Waals surface area contributed by atoms with Crippen LogP contribution in [0.3, 0.4) is 0 Å². The third-order valence-electron chi connectivity index (χ3n) is 4.76. The minimum atomic E-state index is -0.296. The molecule has 6 nitrogen and oxygen atoms in total. The molecule has 1 aliphatic rings. The predicted octanol–water partition coefficient (Wildman–Crippen LogP) is 3.77. The molecule has 0 aromatic heterocycles. The molecule has 6 heteroatoms. The lowest BCUT2D eigenvalue weighted by Crippen LogP contribution is -2.30. The summed E-state index contributed by atoms with van der Waals surface area (Å²) in [5.74, 6) is -0.260. The lowest BCUT2D eigenvalue weighted by atomic mass is 10.1. The highest BCUT2D eigenvalue weighted by Crippen LogP contribution is 2.30. The number of rotatable bonds is 7. The number of nitrogens with one attached hydrogen (secondary N) is 2. The number of benzene rings is 2. The van der Waals surface area contributed by atoms with Crippen molar-refractivity contribution in [2.45, 2.75) is 26.7 Å². The highest BCUT2D eigenvalue weighted by Gasteiger charge is 2.29. The smallest absolute Gasteiger partial charge is 0.255 e. The molecule has 1 saturated carbocycles. The van der Waals surface area contributed by atoms with Crippen molar-refractivity contribution < 1.29 is 14.4 Å². The summed E-state index contributed by atoms with van der Waals surface area (Å²) in [6.45, 7) is 5.13. The van der Waals surface area contributed by atoms with E-state index in [1.807, 2.05) is 13.8 Å². The van der Waals surface area contributed by atoms with E-state index >= 15 is 0 Å². The summed E-state index contributed by atoms with van der Waals surface area (Å²) < 4.78 is 0. The zero-order chi connectivity index (χ0) is 20.1. The summed E-state index contributed by atoms with van der Waals surface area (Å²) in [7, 11) is 0. The van der Waals surface area contributed by atoms with E-state index in [0.29, 0.717) is 35.6 Å². The second-order valence-electron chi connectivity index (χ2n) is 6.86. The van der Waals surface area contributed by atoms with Gasteiger partial charge in [0.05, 0.1) is 0 Å². The first-order valence-corrected chi connectivity index (χ1v) is 9.63. The number of carbonyl (C=O) groups is 3. The van der Waals surface area contributed by atoms with Gasteiger partial charge >= 0.3 is 0 Å². The monoisotopic (exact) mass is 379 g/mol. The molecule has 0 saturated heterocycles. The number of hydrogen-bond donors (Lipinski definition) is 2. The molecular weight excluding hydrogens is 354 g/mol. The molecule has 2 N–H and O–H groups in total. The summed E-state index contributed by atoms with van der Waals surface area (Å²) in [5.41, 5.74) is 2.13. The van der Waals surface area contributed by atoms with Gasteiger partial charge in [0.2, 0.25) is 5.91 Å². The van der Waals surface area contributed by atoms with Gasteiger partial charge in [-0.15, -0.1) is 0 Å². The van der Waals surface area contributed by atoms with E-state index in [9.17, 15) is 14.4 Å². The molecule has 3 amide bonds. The minimum Gasteiger partial charge on any atom is -0.339 e. The van der Waals surface area contributed by atoms with E-state index in [4.69, 9.17) is 0 Å². The first-order chi connectivity index (χ1) is 13.5. The van der Waals surface area contributed by atoms with Gasteiger partial charge in [0.15, 0.2) is 0 Å². The van der Waals surface area contributed by atoms with Crippen LogP contribution in [0.25, 0.3) is 0 Å². The summed E-state index contributed by atoms with van der Waals surface area (Å²) in [6.07, 6.45) is 1.85. The van der Waals surface area contributed by atoms with Crippen molar-refractivity contribution in [1.82, 2.24) is 4.90 Å². The zero-order valence-corrected chi connectivity index (χ0v) is 16.2. The minimum absolute atomic E-state index is 0.000161. The predicted molar refractivity (Wildman–Crippen MR) is 109 cm³/mol. The second kappa shape index (κ2) is 8.69. The molecular formula is C22H25N3O3. The molecule has 0 radical (unpaired) electrons. The van der Waals surface area contributed by atoms with Crippen LogP contribution < -0.4 is 10.6 Å². The molecule has 3 rings (SSSR count). The molecule has 0 unspecified atom stereocenters. The normalized spacial score (nSPS) is 12.9. The van der Waals surface area contributed by atoms with E-state index in [1.54, 1.807) is 53.4 Å². The Labute approximate surface area is 164 Å². The third-order valence-corrected chi connectivity index (χ3v) is 4.76. The van der Waals surface area contributed by atoms with Gasteiger partial charge in [-0.2, -0.15) is 0 Å². The summed E-state index contributed by atoms with van der Waals surface area (Å²) in [6, 6.07) is 13.8. The number of nitrogens with zero attached hydrogens (tertiary/aromatic N) is 1. The highest BCUT2D eigenvalue weighted by atomic mass is 16.2. The van der Waals surface area contributed by atoms with Gasteiger partial charge in [-0.05, 0) is 63.1 Å². The SMILES string of the molecule is CCN(CC)C(=O)c1cccc(NC(=O)c2cccc(NC(=O)C3CC3)c2)c1. The Morgan fingerprint density at radius 2 is 1.46 bits per heavy atom. The molecule has 0 bridgehead atoms. The molecule has 146 valence electrons. The van der Waals surface area contributed by atoms with Crippen LogP contribution in [0.1, 0.15) is 47.4 Å². The van der Waals surface area contributed by atoms with E-state index in [1.165, 1.54) is 0 Å². The number of amides is 3. The molecule has 0 aliphatic heterocycles. The van der Waals surface area contributed by atoms with Crippen LogP contribution >= 0.6 is 0 Å². The average Bonchev–Trinajstić information content (AvgIpc) is 3.54. The van der Waals surface area contributed by atoms with Crippen LogP contribution in [0.15, 0.2) is 48.5 Å². The van der Waals surface area contributed by atoms with Crippen LogP contribution in [0, 0.1) is 5.92 Å². The van der Waals surface area contributed by atoms with Crippen LogP contribution in [-0.4, -0.2) is 35.7 Å². The first kappa shape index (κ1) is 19.6. The fraction of sp³-hybridized carbons (Fsp3) is 0.318. The van der Waals surface area contributed by atoms with Gasteiger partial charge in [-0.1, -0.05) is 12.1 Å². The van der Waals surface area contributed by atoms with E-state index < -0.39 is 0 Å². The van der Waals surface area contributed by atoms with Crippen LogP contribution in [-0.2, 0) is 4.79 Å². The molecule has 2 aromatic carbocycles. The van der Waals surface area contributed by atoms with Crippen molar-refractivity contribution in [3.8, 4) is 0 Å². The van der Waals surface area contributed by atoms with Gasteiger partial charge in [0.1, 0.15) is 0 Å². The van der Waals surface area contributed by atoms with Crippen molar-refractivity contribution in [2.75, 3.05) is 23.7 Å². The summed E-state index contributed by atoms with van der Waals surface area (Å²) >= 11 is 0. The summed E-state index contributed by atoms with van der Waals surface area (Å²) in [5, 5.41) is 5.66. The standard InChI is InChI=1S/C22H25N3O3/c1-3-25(4-2)22(28)17-8-6-10-19(14-17)24-21(27)16-7-5-9-18(13-16)23-20(26)15-11-12-15/h5-10,13-15H,3-4,11-12H2,1-2H3,(H,23,26)(H,24,27). The van der Waals surface area contributed by atoms with Gasteiger partial charge in [0.25, 0.3) is 11.8 Å². The molecule has 1 fully saturated rings. The third kappa shape index (κ3) is 4.76. The Bertz CT molecular complexity index is 886. The second-order valence-corrected chi connectivity index (χ2v) is 6.86. The van der Waals surface area contributed by atoms with E-state index in [2.05, 4.69) is 10.6 Å². The maximum absolute atomic E-state index is 12.6. The van der Waals surface area contributed by atoms with E-state index in [-0.39, 0.29) is 23.6 Å². The van der Waals surface area contributed by atoms with Gasteiger partial charge in [-0.3, -0.25) is 14.4 Å². The Hall–Kier alpha value is -3.15. The Kier molecular flexibility index (Phi) is 6.09. The number of anilines is 2. The van der Waals surface area contributed by atoms with Crippen LogP contribution in [0.5, 0.6) is 0 Å². The van der Waals surface area contributed by atoms with Crippen molar-refractivity contribution in [3.63, 3.8) is 0 Å². The summed E-state index contributed by atoms with van der Waals surface area (Å²) in [4.78, 5) is 38.7. The topological polar surface area (TPSA) is 78.5 Å². The van der Waals surface area contributed by atoms with Crippen molar-refractivity contribution in [1.29, 1.82) is 0 Å². The molecule has 0 spiro atoms. The van der Waals surface area contributed by atoms with Gasteiger partial charge < -0.3 is 15.5 Å². The van der Waals surface area contributed by atoms with Crippen molar-refractivity contribution >= 4 is 29.1 Å². The molecule has 0 atom stereocenters. The zero-order valence-electron chi connectivity index (χ0n) is 16.2. The van der Waals surface area contributed by atoms with Gasteiger partial charge in [0, 0.05) is 41.5 Å². The molecule has 0 heterocycles. The quantitative estimate of drug-likeness (QED) is 0.769. The molecule has 2 aromatic rings. The lowest BCUT2D eigenvalue weighted by Gasteiger charge is -2.19. The highest BCUT2D eigenvalue weighted by molar-refractivity contribution is 6.06. The maximum Gasteiger partial charge on any atom is 0.255 e. The van der Waals surface area contributed by atoms with Crippen LogP contribution in [0.4, 0.5) is 11.4 Å². The fourth-order valence-electron chi connectivity index (χ4n) is 2.95. The fourth-order valence-corrected chi connectivity index (χ4v) is 2.95. The first-order valence-electron chi connectivity index (χ1n) is 9.63. The van der Waals surface area contributed by atoms with Gasteiger partial charge in [-0.25, -0.2) is 0 Å². The number of hydrogen-bond acceptors (Lipinski definition) is 3. The Morgan fingerprint density at radius 1 is 0.893 bits per heavy atom. The Morgan fingerprint density at radius 3 is 2.07 bits per heavy atom. The van der Waals surface area contributed by atoms with Crippen molar-refractivity contribution in [3.05, 3.63) is 59.7 Å². The largest absolute Gasteiger partial charge is 0.339 e. The maximum atomic E-state index is 12.6.